The van der Waals surface area contributed by atoms with Crippen LogP contribution < -0.4 is 9.80 Å². The third kappa shape index (κ3) is 8.48. The summed E-state index contributed by atoms with van der Waals surface area (Å²) in [5.41, 5.74) is 19.3. The van der Waals surface area contributed by atoms with Crippen LogP contribution in [-0.2, 0) is 0 Å². The Morgan fingerprint density at radius 2 is 0.699 bits per heavy atom. The number of anilines is 6. The molecular formula is C78H51N3S2. The molecule has 16 rings (SSSR count). The Kier molecular flexibility index (Phi) is 11.9. The number of benzene rings is 13. The predicted octanol–water partition coefficient (Wildman–Crippen LogP) is 23.1. The van der Waals surface area contributed by atoms with Crippen molar-refractivity contribution < 1.29 is 0 Å². The van der Waals surface area contributed by atoms with Crippen molar-refractivity contribution in [3.63, 3.8) is 0 Å². The lowest BCUT2D eigenvalue weighted by molar-refractivity contribution is 1.19. The molecule has 0 amide bonds. The Labute approximate surface area is 489 Å². The molecule has 0 unspecified atom stereocenters. The molecule has 16 aromatic rings. The highest BCUT2D eigenvalue weighted by Crippen LogP contribution is 2.51. The molecule has 0 saturated heterocycles. The Morgan fingerprint density at radius 3 is 1.29 bits per heavy atom. The molecule has 0 radical (unpaired) electrons. The van der Waals surface area contributed by atoms with Gasteiger partial charge in [0.2, 0.25) is 0 Å². The van der Waals surface area contributed by atoms with Gasteiger partial charge in [-0.1, -0.05) is 200 Å². The highest BCUT2D eigenvalue weighted by molar-refractivity contribution is 7.26. The molecule has 83 heavy (non-hydrogen) atoms. The van der Waals surface area contributed by atoms with Crippen LogP contribution in [0.3, 0.4) is 0 Å². The lowest BCUT2D eigenvalue weighted by Gasteiger charge is -2.30. The number of rotatable bonds is 11. The molecule has 3 heterocycles. The molecule has 0 bridgehead atoms. The van der Waals surface area contributed by atoms with Gasteiger partial charge in [-0.3, -0.25) is 0 Å². The van der Waals surface area contributed by atoms with Gasteiger partial charge in [-0.25, -0.2) is 0 Å². The average Bonchev–Trinajstić information content (AvgIpc) is 1.99. The molecule has 0 spiro atoms. The SMILES string of the molecule is c1ccc(-c2ccc(N(c3ccc(-c4ccccc4)cc3)c3cc(-c4cc5c6ccccc6n(-c6ccccc6)c5c5c4sc4ccccc45)cc(N(c4ccccc4)c4ccc(-c5cccc6sc7ccccc7c56)cc4)c3)cc2)cc1. The van der Waals surface area contributed by atoms with Gasteiger partial charge in [0.15, 0.2) is 0 Å². The van der Waals surface area contributed by atoms with Crippen LogP contribution in [-0.4, -0.2) is 4.57 Å². The smallest absolute Gasteiger partial charge is 0.0634 e. The summed E-state index contributed by atoms with van der Waals surface area (Å²) >= 11 is 3.75. The minimum atomic E-state index is 1.03. The van der Waals surface area contributed by atoms with Crippen LogP contribution in [0.25, 0.3) is 112 Å². The van der Waals surface area contributed by atoms with E-state index in [0.29, 0.717) is 0 Å². The number of aromatic nitrogens is 1. The third-order valence-electron chi connectivity index (χ3n) is 16.3. The molecule has 0 aliphatic heterocycles. The first-order valence-corrected chi connectivity index (χ1v) is 29.9. The number of thiophene rings is 2. The van der Waals surface area contributed by atoms with Crippen molar-refractivity contribution in [1.29, 1.82) is 0 Å². The Morgan fingerprint density at radius 1 is 0.253 bits per heavy atom. The lowest BCUT2D eigenvalue weighted by atomic mass is 9.96. The second-order valence-electron chi connectivity index (χ2n) is 21.2. The van der Waals surface area contributed by atoms with Gasteiger partial charge in [0.1, 0.15) is 0 Å². The first-order valence-electron chi connectivity index (χ1n) is 28.2. The normalized spacial score (nSPS) is 11.6. The van der Waals surface area contributed by atoms with E-state index in [2.05, 4.69) is 324 Å². The number of fused-ring (bicyclic) bond motifs is 10. The Balaban J connectivity index is 0.964. The van der Waals surface area contributed by atoms with Crippen molar-refractivity contribution in [1.82, 2.24) is 4.57 Å². The molecule has 0 aliphatic rings. The summed E-state index contributed by atoms with van der Waals surface area (Å²) in [5.74, 6) is 0. The van der Waals surface area contributed by atoms with Gasteiger partial charge in [0.05, 0.1) is 11.0 Å². The molecule has 3 nitrogen and oxygen atoms in total. The van der Waals surface area contributed by atoms with Gasteiger partial charge in [-0.2, -0.15) is 0 Å². The molecule has 0 N–H and O–H groups in total. The summed E-state index contributed by atoms with van der Waals surface area (Å²) in [5, 5.41) is 7.56. The Bertz CT molecular complexity index is 4960. The maximum Gasteiger partial charge on any atom is 0.0634 e. The van der Waals surface area contributed by atoms with Gasteiger partial charge in [0.25, 0.3) is 0 Å². The molecule has 0 saturated carbocycles. The molecule has 390 valence electrons. The highest BCUT2D eigenvalue weighted by Gasteiger charge is 2.25. The summed E-state index contributed by atoms with van der Waals surface area (Å²) in [6, 6.07) is 114. The van der Waals surface area contributed by atoms with Crippen molar-refractivity contribution in [2.75, 3.05) is 9.80 Å². The maximum atomic E-state index is 2.49. The minimum absolute atomic E-state index is 1.03. The van der Waals surface area contributed by atoms with E-state index in [-0.39, 0.29) is 0 Å². The number of nitrogens with zero attached hydrogens (tertiary/aromatic N) is 3. The Hall–Kier alpha value is -10.3. The van der Waals surface area contributed by atoms with E-state index in [1.54, 1.807) is 0 Å². The molecule has 13 aromatic carbocycles. The van der Waals surface area contributed by atoms with E-state index < -0.39 is 0 Å². The molecule has 0 atom stereocenters. The van der Waals surface area contributed by atoms with E-state index in [1.165, 1.54) is 101 Å². The second-order valence-corrected chi connectivity index (χ2v) is 23.3. The molecule has 0 aliphatic carbocycles. The van der Waals surface area contributed by atoms with Gasteiger partial charge in [-0.05, 0) is 148 Å². The standard InChI is InChI=1S/C78H51N3S2/c1-5-20-52(21-6-1)54-36-42-60(43-37-54)80(61-44-38-55(39-45-61)53-22-7-2-8-23-53)64-49-57(69-51-70-66-28-13-16-32-71(66)81(59-26-11-4-12-27-59)77(70)76-68-30-15-18-34-73(68)83-78(69)76)48-63(50-64)79(58-24-9-3-10-25-58)62-46-40-56(41-47-62)65-31-19-35-74-75(65)67-29-14-17-33-72(67)82-74/h1-51H. The molecule has 3 aromatic heterocycles. The summed E-state index contributed by atoms with van der Waals surface area (Å²) in [7, 11) is 0. The second kappa shape index (κ2) is 20.4. The zero-order chi connectivity index (χ0) is 54.8. The van der Waals surface area contributed by atoms with Crippen molar-refractivity contribution in [2.24, 2.45) is 0 Å². The van der Waals surface area contributed by atoms with E-state index >= 15 is 0 Å². The predicted molar refractivity (Wildman–Crippen MR) is 358 cm³/mol. The minimum Gasteiger partial charge on any atom is -0.310 e. The quantitative estimate of drug-likeness (QED) is 0.128. The monoisotopic (exact) mass is 1090 g/mol. The summed E-state index contributed by atoms with van der Waals surface area (Å²) in [6.45, 7) is 0. The molecular weight excluding hydrogens is 1040 g/mol. The third-order valence-corrected chi connectivity index (χ3v) is 18.7. The molecule has 5 heteroatoms. The summed E-state index contributed by atoms with van der Waals surface area (Å²) < 4.78 is 7.60. The zero-order valence-corrected chi connectivity index (χ0v) is 46.7. The van der Waals surface area contributed by atoms with Crippen LogP contribution in [0.15, 0.2) is 309 Å². The van der Waals surface area contributed by atoms with Crippen LogP contribution in [0.4, 0.5) is 34.1 Å². The van der Waals surface area contributed by atoms with Crippen LogP contribution in [0.2, 0.25) is 0 Å². The lowest BCUT2D eigenvalue weighted by Crippen LogP contribution is -2.13. The maximum absolute atomic E-state index is 2.49. The average molecular weight is 1090 g/mol. The fraction of sp³-hybridized carbons (Fsp3) is 0. The van der Waals surface area contributed by atoms with Crippen LogP contribution in [0.5, 0.6) is 0 Å². The fourth-order valence-electron chi connectivity index (χ4n) is 12.5. The zero-order valence-electron chi connectivity index (χ0n) is 45.1. The van der Waals surface area contributed by atoms with Crippen LogP contribution >= 0.6 is 22.7 Å². The molecule has 0 fully saturated rings. The van der Waals surface area contributed by atoms with Crippen LogP contribution in [0, 0.1) is 0 Å². The van der Waals surface area contributed by atoms with Crippen molar-refractivity contribution in [3.05, 3.63) is 309 Å². The summed E-state index contributed by atoms with van der Waals surface area (Å²) in [4.78, 5) is 4.88. The van der Waals surface area contributed by atoms with Crippen LogP contribution in [0.1, 0.15) is 0 Å². The van der Waals surface area contributed by atoms with E-state index in [9.17, 15) is 0 Å². The van der Waals surface area contributed by atoms with Crippen molar-refractivity contribution in [3.8, 4) is 50.2 Å². The highest BCUT2D eigenvalue weighted by atomic mass is 32.1. The van der Waals surface area contributed by atoms with E-state index in [0.717, 1.165) is 45.4 Å². The van der Waals surface area contributed by atoms with E-state index in [1.807, 2.05) is 22.7 Å². The topological polar surface area (TPSA) is 11.4 Å². The van der Waals surface area contributed by atoms with Gasteiger partial charge in [-0.15, -0.1) is 22.7 Å². The van der Waals surface area contributed by atoms with Gasteiger partial charge < -0.3 is 14.4 Å². The van der Waals surface area contributed by atoms with E-state index in [4.69, 9.17) is 0 Å². The first kappa shape index (κ1) is 48.6. The summed E-state index contributed by atoms with van der Waals surface area (Å²) in [6.07, 6.45) is 0. The van der Waals surface area contributed by atoms with Gasteiger partial charge in [0, 0.05) is 96.5 Å². The fourth-order valence-corrected chi connectivity index (χ4v) is 14.9. The largest absolute Gasteiger partial charge is 0.310 e. The van der Waals surface area contributed by atoms with Crippen molar-refractivity contribution in [2.45, 2.75) is 0 Å². The number of hydrogen-bond donors (Lipinski definition) is 0. The van der Waals surface area contributed by atoms with Gasteiger partial charge >= 0.3 is 0 Å². The first-order chi connectivity index (χ1) is 41.2. The van der Waals surface area contributed by atoms with Crippen molar-refractivity contribution >= 4 is 119 Å². The number of para-hydroxylation sites is 3. The number of hydrogen-bond acceptors (Lipinski definition) is 4.